The Labute approximate surface area is 147 Å². The molecule has 1 aromatic heterocycles. The number of rotatable bonds is 7. The monoisotopic (exact) mass is 356 g/mol. The van der Waals surface area contributed by atoms with Crippen molar-refractivity contribution >= 4 is 17.4 Å². The number of non-ortho nitro benzene ring substituents is 1. The lowest BCUT2D eigenvalue weighted by molar-refractivity contribution is -0.384. The summed E-state index contributed by atoms with van der Waals surface area (Å²) in [7, 11) is 0. The Morgan fingerprint density at radius 2 is 1.88 bits per heavy atom. The molecule has 0 aliphatic heterocycles. The first-order valence-corrected chi connectivity index (χ1v) is 8.67. The summed E-state index contributed by atoms with van der Waals surface area (Å²) in [5.74, 6) is 0.497. The van der Waals surface area contributed by atoms with Gasteiger partial charge in [0.25, 0.3) is 5.69 Å². The molecule has 0 spiro atoms. The summed E-state index contributed by atoms with van der Waals surface area (Å²) in [4.78, 5) is 22.4. The quantitative estimate of drug-likeness (QED) is 0.399. The lowest BCUT2D eigenvalue weighted by atomic mass is 10.1. The van der Waals surface area contributed by atoms with Crippen LogP contribution in [0.1, 0.15) is 11.1 Å². The maximum Gasteiger partial charge on any atom is 0.343 e. The molecule has 0 saturated heterocycles. The molecule has 8 heteroatoms. The second-order valence-electron chi connectivity index (χ2n) is 5.41. The average molecular weight is 356 g/mol. The third-order valence-corrected chi connectivity index (χ3v) is 4.73. The van der Waals surface area contributed by atoms with E-state index in [1.165, 1.54) is 23.9 Å². The molecule has 128 valence electrons. The molecule has 2 aromatic carbocycles. The molecule has 0 aliphatic rings. The van der Waals surface area contributed by atoms with Crippen LogP contribution in [-0.2, 0) is 18.7 Å². The van der Waals surface area contributed by atoms with E-state index in [-0.39, 0.29) is 11.4 Å². The van der Waals surface area contributed by atoms with Crippen molar-refractivity contribution < 1.29 is 4.92 Å². The maximum atomic E-state index is 12.0. The van der Waals surface area contributed by atoms with Crippen LogP contribution in [0.5, 0.6) is 0 Å². The van der Waals surface area contributed by atoms with Gasteiger partial charge >= 0.3 is 5.69 Å². The molecule has 1 N–H and O–H groups in total. The van der Waals surface area contributed by atoms with Gasteiger partial charge in [-0.2, -0.15) is 0 Å². The number of hydrogen-bond acceptors (Lipinski definition) is 5. The minimum Gasteiger partial charge on any atom is -0.270 e. The lowest BCUT2D eigenvalue weighted by Crippen LogP contribution is -2.18. The molecule has 25 heavy (non-hydrogen) atoms. The molecule has 0 aliphatic carbocycles. The van der Waals surface area contributed by atoms with Crippen LogP contribution in [0.3, 0.4) is 0 Å². The van der Waals surface area contributed by atoms with Crippen LogP contribution in [0.4, 0.5) is 5.69 Å². The average Bonchev–Trinajstić information content (AvgIpc) is 2.99. The van der Waals surface area contributed by atoms with Gasteiger partial charge in [0.15, 0.2) is 5.16 Å². The van der Waals surface area contributed by atoms with Crippen LogP contribution in [0.2, 0.25) is 0 Å². The fourth-order valence-electron chi connectivity index (χ4n) is 2.40. The van der Waals surface area contributed by atoms with Gasteiger partial charge in [-0.15, -0.1) is 5.10 Å². The van der Waals surface area contributed by atoms with E-state index >= 15 is 0 Å². The smallest absolute Gasteiger partial charge is 0.270 e. The number of nitrogens with zero attached hydrogens (tertiary/aromatic N) is 3. The molecule has 7 nitrogen and oxygen atoms in total. The second-order valence-corrected chi connectivity index (χ2v) is 6.36. The first-order chi connectivity index (χ1) is 12.1. The minimum atomic E-state index is -0.418. The summed E-state index contributed by atoms with van der Waals surface area (Å²) in [6, 6.07) is 16.4. The van der Waals surface area contributed by atoms with E-state index in [2.05, 4.69) is 10.2 Å². The van der Waals surface area contributed by atoms with Gasteiger partial charge in [0.2, 0.25) is 0 Å². The Balaban J connectivity index is 1.68. The number of nitro benzene ring substituents is 1. The van der Waals surface area contributed by atoms with Gasteiger partial charge in [0.05, 0.1) is 4.92 Å². The second kappa shape index (κ2) is 7.80. The Kier molecular flexibility index (Phi) is 5.30. The van der Waals surface area contributed by atoms with E-state index in [4.69, 9.17) is 0 Å². The Bertz CT molecular complexity index is 921. The summed E-state index contributed by atoms with van der Waals surface area (Å²) in [5.41, 5.74) is 1.76. The van der Waals surface area contributed by atoms with Crippen molar-refractivity contribution in [2.24, 2.45) is 0 Å². The summed E-state index contributed by atoms with van der Waals surface area (Å²) < 4.78 is 1.59. The number of thioether (sulfide) groups is 1. The number of nitrogens with one attached hydrogen (secondary N) is 1. The van der Waals surface area contributed by atoms with Gasteiger partial charge in [0.1, 0.15) is 0 Å². The topological polar surface area (TPSA) is 93.8 Å². The van der Waals surface area contributed by atoms with E-state index in [0.29, 0.717) is 17.5 Å². The summed E-state index contributed by atoms with van der Waals surface area (Å²) in [6.07, 6.45) is 0.727. The number of aromatic amines is 1. The highest BCUT2D eigenvalue weighted by molar-refractivity contribution is 7.98. The van der Waals surface area contributed by atoms with Crippen molar-refractivity contribution in [2.45, 2.75) is 23.9 Å². The lowest BCUT2D eigenvalue weighted by Gasteiger charge is -2.06. The van der Waals surface area contributed by atoms with Crippen molar-refractivity contribution in [1.82, 2.24) is 14.8 Å². The molecule has 0 unspecified atom stereocenters. The number of aromatic nitrogens is 3. The van der Waals surface area contributed by atoms with Crippen molar-refractivity contribution in [3.63, 3.8) is 0 Å². The maximum absolute atomic E-state index is 12.0. The van der Waals surface area contributed by atoms with Crippen LogP contribution in [0.25, 0.3) is 0 Å². The Morgan fingerprint density at radius 1 is 1.12 bits per heavy atom. The zero-order chi connectivity index (χ0) is 17.6. The molecule has 1 heterocycles. The van der Waals surface area contributed by atoms with E-state index in [0.717, 1.165) is 17.5 Å². The highest BCUT2D eigenvalue weighted by Crippen LogP contribution is 2.22. The molecule has 0 atom stereocenters. The zero-order valence-corrected chi connectivity index (χ0v) is 14.1. The molecule has 0 amide bonds. The van der Waals surface area contributed by atoms with Crippen LogP contribution >= 0.6 is 11.8 Å². The minimum absolute atomic E-state index is 0.0570. The Morgan fingerprint density at radius 3 is 2.64 bits per heavy atom. The fourth-order valence-corrected chi connectivity index (χ4v) is 3.32. The van der Waals surface area contributed by atoms with Crippen LogP contribution in [0.15, 0.2) is 64.5 Å². The fraction of sp³-hybridized carbons (Fsp3) is 0.176. The first-order valence-electron chi connectivity index (χ1n) is 7.69. The first kappa shape index (κ1) is 17.0. The summed E-state index contributed by atoms with van der Waals surface area (Å²) in [5, 5.41) is 17.9. The van der Waals surface area contributed by atoms with Gasteiger partial charge < -0.3 is 0 Å². The molecular weight excluding hydrogens is 340 g/mol. The highest BCUT2D eigenvalue weighted by atomic mass is 32.2. The van der Waals surface area contributed by atoms with E-state index in [1.807, 2.05) is 36.4 Å². The molecule has 3 aromatic rings. The zero-order valence-electron chi connectivity index (χ0n) is 13.3. The van der Waals surface area contributed by atoms with Gasteiger partial charge in [0, 0.05) is 24.4 Å². The summed E-state index contributed by atoms with van der Waals surface area (Å²) >= 11 is 1.37. The number of aryl methyl sites for hydroxylation is 1. The van der Waals surface area contributed by atoms with Gasteiger partial charge in [-0.05, 0) is 17.5 Å². The van der Waals surface area contributed by atoms with Gasteiger partial charge in [-0.3, -0.25) is 14.7 Å². The van der Waals surface area contributed by atoms with Crippen LogP contribution in [0, 0.1) is 10.1 Å². The molecule has 0 radical (unpaired) electrons. The molecule has 0 fully saturated rings. The largest absolute Gasteiger partial charge is 0.343 e. The number of benzene rings is 2. The van der Waals surface area contributed by atoms with Crippen molar-refractivity contribution in [2.75, 3.05) is 0 Å². The predicted molar refractivity (Wildman–Crippen MR) is 95.7 cm³/mol. The molecular formula is C17H16N4O3S. The van der Waals surface area contributed by atoms with Gasteiger partial charge in [-0.1, -0.05) is 54.2 Å². The molecule has 3 rings (SSSR count). The SMILES string of the molecule is O=c1[nH]nc(SCc2cccc([N+](=O)[O-])c2)n1CCc1ccccc1. The van der Waals surface area contributed by atoms with Crippen molar-refractivity contribution in [3.8, 4) is 0 Å². The molecule has 0 saturated carbocycles. The number of hydrogen-bond donors (Lipinski definition) is 1. The van der Waals surface area contributed by atoms with Gasteiger partial charge in [-0.25, -0.2) is 9.89 Å². The third kappa shape index (κ3) is 4.36. The van der Waals surface area contributed by atoms with E-state index < -0.39 is 4.92 Å². The third-order valence-electron chi connectivity index (χ3n) is 3.68. The number of nitro groups is 1. The normalized spacial score (nSPS) is 10.7. The van der Waals surface area contributed by atoms with Crippen molar-refractivity contribution in [1.29, 1.82) is 0 Å². The summed E-state index contributed by atoms with van der Waals surface area (Å²) in [6.45, 7) is 0.524. The molecule has 0 bridgehead atoms. The highest BCUT2D eigenvalue weighted by Gasteiger charge is 2.11. The number of H-pyrrole nitrogens is 1. The van der Waals surface area contributed by atoms with Crippen LogP contribution in [-0.4, -0.2) is 19.7 Å². The van der Waals surface area contributed by atoms with Crippen LogP contribution < -0.4 is 5.69 Å². The Hall–Kier alpha value is -2.87. The predicted octanol–water partition coefficient (Wildman–Crippen LogP) is 3.01. The van der Waals surface area contributed by atoms with Crippen molar-refractivity contribution in [3.05, 3.63) is 86.3 Å². The van der Waals surface area contributed by atoms with E-state index in [9.17, 15) is 14.9 Å². The van der Waals surface area contributed by atoms with E-state index in [1.54, 1.807) is 10.6 Å². The standard InChI is InChI=1S/C17H16N4O3S/c22-16-18-19-17(20(16)10-9-13-5-2-1-3-6-13)25-12-14-7-4-8-15(11-14)21(23)24/h1-8,11H,9-10,12H2,(H,18,22).